The topological polar surface area (TPSA) is 35.5 Å². The maximum absolute atomic E-state index is 12.3. The summed E-state index contributed by atoms with van der Waals surface area (Å²) in [6.07, 6.45) is 2.10. The second-order valence-corrected chi connectivity index (χ2v) is 4.26. The van der Waals surface area contributed by atoms with Crippen LogP contribution < -0.4 is 4.74 Å². The number of aryl methyl sites for hydroxylation is 2. The zero-order chi connectivity index (χ0) is 12.4. The van der Waals surface area contributed by atoms with E-state index in [1.54, 1.807) is 7.11 Å². The van der Waals surface area contributed by atoms with E-state index in [0.29, 0.717) is 29.9 Å². The molecule has 0 amide bonds. The van der Waals surface area contributed by atoms with E-state index in [9.17, 15) is 4.79 Å². The van der Waals surface area contributed by atoms with Crippen molar-refractivity contribution in [1.82, 2.24) is 0 Å². The van der Waals surface area contributed by atoms with Crippen LogP contribution in [0, 0.1) is 13.8 Å². The summed E-state index contributed by atoms with van der Waals surface area (Å²) in [5.74, 6) is 0.714. The molecule has 0 aromatic heterocycles. The number of hydrogen-bond acceptors (Lipinski definition) is 3. The zero-order valence-corrected chi connectivity index (χ0v) is 10.4. The summed E-state index contributed by atoms with van der Waals surface area (Å²) in [6.45, 7) is 4.45. The first-order valence-corrected chi connectivity index (χ1v) is 5.64. The molecule has 1 heterocycles. The van der Waals surface area contributed by atoms with Crippen LogP contribution >= 0.6 is 0 Å². The van der Waals surface area contributed by atoms with Crippen LogP contribution in [0.25, 0.3) is 0 Å². The monoisotopic (exact) mass is 232 g/mol. The molecule has 0 radical (unpaired) electrons. The van der Waals surface area contributed by atoms with Crippen molar-refractivity contribution < 1.29 is 14.3 Å². The first-order valence-electron chi connectivity index (χ1n) is 5.64. The van der Waals surface area contributed by atoms with E-state index in [0.717, 1.165) is 11.1 Å². The van der Waals surface area contributed by atoms with Gasteiger partial charge in [-0.05, 0) is 31.0 Å². The quantitative estimate of drug-likeness (QED) is 0.551. The number of ether oxygens (including phenoxy) is 2. The number of methoxy groups -OCH3 is 1. The summed E-state index contributed by atoms with van der Waals surface area (Å²) in [4.78, 5) is 12.3. The van der Waals surface area contributed by atoms with E-state index in [2.05, 4.69) is 0 Å². The normalized spacial score (nSPS) is 17.4. The van der Waals surface area contributed by atoms with Gasteiger partial charge < -0.3 is 9.47 Å². The molecular formula is C14H16O3. The smallest absolute Gasteiger partial charge is 0.195 e. The molecule has 3 nitrogen and oxygen atoms in total. The highest BCUT2D eigenvalue weighted by Gasteiger charge is 2.23. The van der Waals surface area contributed by atoms with E-state index >= 15 is 0 Å². The Kier molecular flexibility index (Phi) is 3.18. The van der Waals surface area contributed by atoms with Crippen LogP contribution in [0.5, 0.6) is 5.75 Å². The van der Waals surface area contributed by atoms with E-state index in [4.69, 9.17) is 9.47 Å². The number of ketones is 1. The van der Waals surface area contributed by atoms with Gasteiger partial charge >= 0.3 is 0 Å². The number of carbonyl (C=O) groups excluding carboxylic acids is 1. The maximum Gasteiger partial charge on any atom is 0.195 e. The van der Waals surface area contributed by atoms with Gasteiger partial charge in [0.15, 0.2) is 5.78 Å². The Morgan fingerprint density at radius 3 is 2.82 bits per heavy atom. The molecule has 1 aliphatic heterocycles. The van der Waals surface area contributed by atoms with E-state index in [1.165, 1.54) is 6.26 Å². The molecule has 0 atom stereocenters. The molecule has 0 fully saturated rings. The molecule has 1 aliphatic rings. The summed E-state index contributed by atoms with van der Waals surface area (Å²) in [5.41, 5.74) is 3.38. The molecule has 0 aliphatic carbocycles. The van der Waals surface area contributed by atoms with Gasteiger partial charge in [0.2, 0.25) is 0 Å². The van der Waals surface area contributed by atoms with Crippen LogP contribution in [0.15, 0.2) is 24.0 Å². The molecule has 0 spiro atoms. The van der Waals surface area contributed by atoms with Crippen molar-refractivity contribution in [2.75, 3.05) is 13.7 Å². The Morgan fingerprint density at radius 2 is 2.12 bits per heavy atom. The summed E-state index contributed by atoms with van der Waals surface area (Å²) in [6, 6.07) is 3.90. The highest BCUT2D eigenvalue weighted by Crippen LogP contribution is 2.31. The van der Waals surface area contributed by atoms with Crippen molar-refractivity contribution in [3.8, 4) is 5.75 Å². The summed E-state index contributed by atoms with van der Waals surface area (Å²) >= 11 is 0. The van der Waals surface area contributed by atoms with Crippen molar-refractivity contribution >= 4 is 5.78 Å². The molecule has 0 bridgehead atoms. The molecule has 2 rings (SSSR count). The molecule has 0 saturated heterocycles. The van der Waals surface area contributed by atoms with Crippen molar-refractivity contribution in [3.05, 3.63) is 40.7 Å². The highest BCUT2D eigenvalue weighted by molar-refractivity contribution is 6.11. The number of hydrogen-bond donors (Lipinski definition) is 0. The fraction of sp³-hybridized carbons (Fsp3) is 0.357. The Morgan fingerprint density at radius 1 is 1.35 bits per heavy atom. The fourth-order valence-corrected chi connectivity index (χ4v) is 2.12. The number of rotatable bonds is 1. The van der Waals surface area contributed by atoms with Crippen molar-refractivity contribution in [3.63, 3.8) is 0 Å². The predicted octanol–water partition coefficient (Wildman–Crippen LogP) is 2.80. The van der Waals surface area contributed by atoms with Gasteiger partial charge in [0.1, 0.15) is 5.75 Å². The lowest BCUT2D eigenvalue weighted by molar-refractivity contribution is 0.102. The first kappa shape index (κ1) is 11.7. The number of Topliss-reactive ketones (excluding diaryl/α,β-unsaturated/α-hetero) is 1. The molecule has 1 aromatic carbocycles. The molecule has 1 aromatic rings. The molecule has 90 valence electrons. The lowest BCUT2D eigenvalue weighted by Gasteiger charge is -2.10. The van der Waals surface area contributed by atoms with Crippen LogP contribution in [0.1, 0.15) is 27.9 Å². The van der Waals surface area contributed by atoms with Crippen molar-refractivity contribution in [2.24, 2.45) is 0 Å². The third kappa shape index (κ3) is 2.18. The summed E-state index contributed by atoms with van der Waals surface area (Å²) in [5, 5.41) is 0. The molecule has 0 unspecified atom stereocenters. The second kappa shape index (κ2) is 4.62. The zero-order valence-electron chi connectivity index (χ0n) is 10.4. The van der Waals surface area contributed by atoms with Gasteiger partial charge in [-0.3, -0.25) is 4.79 Å². The number of benzene rings is 1. The summed E-state index contributed by atoms with van der Waals surface area (Å²) in [7, 11) is 1.55. The third-order valence-corrected chi connectivity index (χ3v) is 2.83. The van der Waals surface area contributed by atoms with Crippen LogP contribution in [-0.2, 0) is 4.74 Å². The van der Waals surface area contributed by atoms with E-state index in [1.807, 2.05) is 26.0 Å². The minimum atomic E-state index is 0.00569. The van der Waals surface area contributed by atoms with E-state index < -0.39 is 0 Å². The minimum absolute atomic E-state index is 0.00569. The third-order valence-electron chi connectivity index (χ3n) is 2.83. The Bertz CT molecular complexity index is 486. The van der Waals surface area contributed by atoms with Crippen molar-refractivity contribution in [2.45, 2.75) is 20.3 Å². The Labute approximate surface area is 101 Å². The Balaban J connectivity index is 2.55. The van der Waals surface area contributed by atoms with Crippen LogP contribution in [-0.4, -0.2) is 19.5 Å². The van der Waals surface area contributed by atoms with Gasteiger partial charge in [-0.15, -0.1) is 0 Å². The lowest BCUT2D eigenvalue weighted by atomic mass is 9.98. The summed E-state index contributed by atoms with van der Waals surface area (Å²) < 4.78 is 10.6. The average Bonchev–Trinajstić information content (AvgIpc) is 2.42. The van der Waals surface area contributed by atoms with Crippen molar-refractivity contribution in [1.29, 1.82) is 0 Å². The lowest BCUT2D eigenvalue weighted by Crippen LogP contribution is -2.03. The number of carbonyl (C=O) groups is 1. The largest absolute Gasteiger partial charge is 0.504 e. The molecule has 17 heavy (non-hydrogen) atoms. The van der Waals surface area contributed by atoms with Gasteiger partial charge in [-0.25, -0.2) is 0 Å². The first-order chi connectivity index (χ1) is 8.13. The molecule has 0 saturated carbocycles. The van der Waals surface area contributed by atoms with Gasteiger partial charge in [-0.2, -0.15) is 0 Å². The molecule has 0 N–H and O–H groups in total. The van der Waals surface area contributed by atoms with Crippen LogP contribution in [0.4, 0.5) is 0 Å². The van der Waals surface area contributed by atoms with Gasteiger partial charge in [0.05, 0.1) is 25.5 Å². The maximum atomic E-state index is 12.3. The fourth-order valence-electron chi connectivity index (χ4n) is 2.12. The standard InChI is InChI=1S/C14H16O3/c1-9-6-10(2)14-12(7-9)13(15)11(8-16-3)4-5-17-14/h6-8H,4-5H2,1-3H3/b11-8-. The minimum Gasteiger partial charge on any atom is -0.504 e. The molecule has 3 heteroatoms. The highest BCUT2D eigenvalue weighted by atomic mass is 16.5. The van der Waals surface area contributed by atoms with Gasteiger partial charge in [0, 0.05) is 12.0 Å². The van der Waals surface area contributed by atoms with Crippen LogP contribution in [0.3, 0.4) is 0 Å². The number of fused-ring (bicyclic) bond motifs is 1. The molecular weight excluding hydrogens is 216 g/mol. The van der Waals surface area contributed by atoms with Crippen LogP contribution in [0.2, 0.25) is 0 Å². The second-order valence-electron chi connectivity index (χ2n) is 4.26. The average molecular weight is 232 g/mol. The predicted molar refractivity (Wildman–Crippen MR) is 65.5 cm³/mol. The van der Waals surface area contributed by atoms with Gasteiger partial charge in [-0.1, -0.05) is 6.07 Å². The van der Waals surface area contributed by atoms with Gasteiger partial charge in [0.25, 0.3) is 0 Å². The van der Waals surface area contributed by atoms with E-state index in [-0.39, 0.29) is 5.78 Å². The Hall–Kier alpha value is -1.77. The SMILES string of the molecule is CO/C=C1/CCOc2c(C)cc(C)cc2C1=O.